The van der Waals surface area contributed by atoms with Crippen molar-refractivity contribution in [2.24, 2.45) is 23.2 Å². The zero-order chi connectivity index (χ0) is 21.7. The van der Waals surface area contributed by atoms with Crippen LogP contribution in [0.3, 0.4) is 0 Å². The molecule has 4 saturated carbocycles. The molecule has 0 radical (unpaired) electrons. The molecule has 1 N–H and O–H groups in total. The van der Waals surface area contributed by atoms with Gasteiger partial charge in [0.05, 0.1) is 5.56 Å². The van der Waals surface area contributed by atoms with Gasteiger partial charge in [-0.2, -0.15) is 8.42 Å². The maximum Gasteiger partial charge on any atom is 0.338 e. The maximum absolute atomic E-state index is 14.6. The highest BCUT2D eigenvalue weighted by atomic mass is 32.2. The molecule has 0 spiro atoms. The number of hydrogen-bond donors (Lipinski definition) is 1. The lowest BCUT2D eigenvalue weighted by molar-refractivity contribution is -0.151. The van der Waals surface area contributed by atoms with Gasteiger partial charge in [0.25, 0.3) is 10.1 Å². The van der Waals surface area contributed by atoms with E-state index in [1.165, 1.54) is 31.4 Å². The Morgan fingerprint density at radius 1 is 1.17 bits per heavy atom. The van der Waals surface area contributed by atoms with E-state index in [1.807, 2.05) is 13.8 Å². The molecule has 4 bridgehead atoms. The summed E-state index contributed by atoms with van der Waals surface area (Å²) in [6.07, 6.45) is 7.21. The van der Waals surface area contributed by atoms with Crippen molar-refractivity contribution < 1.29 is 31.6 Å². The van der Waals surface area contributed by atoms with Crippen molar-refractivity contribution in [2.75, 3.05) is 12.4 Å². The number of carbonyl (C=O) groups is 1. The molecule has 4 fully saturated rings. The van der Waals surface area contributed by atoms with Crippen molar-refractivity contribution in [3.8, 4) is 5.75 Å². The fourth-order valence-electron chi connectivity index (χ4n) is 6.26. The Labute approximate surface area is 176 Å². The first-order chi connectivity index (χ1) is 14.0. The molecule has 0 aromatic heterocycles. The van der Waals surface area contributed by atoms with E-state index in [-0.39, 0.29) is 16.7 Å². The molecule has 4 aliphatic carbocycles. The van der Waals surface area contributed by atoms with Crippen LogP contribution in [0.2, 0.25) is 0 Å². The van der Waals surface area contributed by atoms with Crippen LogP contribution in [0.5, 0.6) is 5.75 Å². The summed E-state index contributed by atoms with van der Waals surface area (Å²) >= 11 is 0. The molecule has 0 amide bonds. The van der Waals surface area contributed by atoms with Crippen LogP contribution in [0.25, 0.3) is 0 Å². The monoisotopic (exact) mass is 440 g/mol. The van der Waals surface area contributed by atoms with Crippen molar-refractivity contribution >= 4 is 16.1 Å². The van der Waals surface area contributed by atoms with Gasteiger partial charge in [-0.15, -0.1) is 0 Å². The zero-order valence-corrected chi connectivity index (χ0v) is 18.2. The van der Waals surface area contributed by atoms with Gasteiger partial charge in [0, 0.05) is 5.41 Å². The lowest BCUT2D eigenvalue weighted by Gasteiger charge is -2.61. The summed E-state index contributed by atoms with van der Waals surface area (Å²) < 4.78 is 55.9. The van der Waals surface area contributed by atoms with Crippen molar-refractivity contribution in [3.63, 3.8) is 0 Å². The molecule has 0 unspecified atom stereocenters. The molecular formula is C22H29FO6S. The van der Waals surface area contributed by atoms with Crippen LogP contribution in [-0.2, 0) is 14.9 Å². The average Bonchev–Trinajstić information content (AvgIpc) is 2.61. The molecule has 1 aromatic rings. The Bertz CT molecular complexity index is 904. The topological polar surface area (TPSA) is 89.9 Å². The van der Waals surface area contributed by atoms with E-state index in [2.05, 4.69) is 0 Å². The minimum absolute atomic E-state index is 0.0000230. The van der Waals surface area contributed by atoms with Crippen molar-refractivity contribution in [1.29, 1.82) is 0 Å². The van der Waals surface area contributed by atoms with Crippen LogP contribution in [0, 0.1) is 29.0 Å². The Hall–Kier alpha value is -1.67. The minimum Gasteiger partial charge on any atom is -0.484 e. The van der Waals surface area contributed by atoms with Crippen LogP contribution >= 0.6 is 0 Å². The molecule has 5 rings (SSSR count). The highest BCUT2D eigenvalue weighted by Crippen LogP contribution is 2.64. The van der Waals surface area contributed by atoms with Gasteiger partial charge in [-0.05, 0) is 88.3 Å². The van der Waals surface area contributed by atoms with Crippen LogP contribution in [0.15, 0.2) is 18.2 Å². The molecule has 0 aliphatic heterocycles. The Morgan fingerprint density at radius 3 is 2.27 bits per heavy atom. The van der Waals surface area contributed by atoms with E-state index >= 15 is 0 Å². The van der Waals surface area contributed by atoms with Gasteiger partial charge in [0.1, 0.15) is 18.0 Å². The van der Waals surface area contributed by atoms with Gasteiger partial charge >= 0.3 is 5.97 Å². The molecule has 0 saturated heterocycles. The predicted molar refractivity (Wildman–Crippen MR) is 108 cm³/mol. The third-order valence-electron chi connectivity index (χ3n) is 7.42. The Morgan fingerprint density at radius 2 is 1.73 bits per heavy atom. The smallest absolute Gasteiger partial charge is 0.338 e. The van der Waals surface area contributed by atoms with Crippen LogP contribution in [-0.4, -0.2) is 36.9 Å². The summed E-state index contributed by atoms with van der Waals surface area (Å²) in [6.45, 7) is 3.57. The number of ether oxygens (including phenoxy) is 2. The molecule has 0 heterocycles. The normalized spacial score (nSPS) is 30.3. The van der Waals surface area contributed by atoms with Gasteiger partial charge < -0.3 is 9.47 Å². The molecule has 166 valence electrons. The molecule has 1 aromatic carbocycles. The van der Waals surface area contributed by atoms with Gasteiger partial charge in [0.15, 0.2) is 11.6 Å². The first-order valence-corrected chi connectivity index (χ1v) is 12.2. The SMILES string of the molecule is CC(C)(Oc1cc(C(=O)OCCS(=O)(=O)O)ccc1F)C12CC3CC(CC(C3)C1)C2. The largest absolute Gasteiger partial charge is 0.484 e. The highest BCUT2D eigenvalue weighted by Gasteiger charge is 2.58. The third kappa shape index (κ3) is 4.21. The predicted octanol–water partition coefficient (Wildman–Crippen LogP) is 4.24. The van der Waals surface area contributed by atoms with E-state index in [0.29, 0.717) is 0 Å². The minimum atomic E-state index is -4.23. The molecule has 0 atom stereocenters. The Balaban J connectivity index is 1.50. The molecule has 8 heteroatoms. The lowest BCUT2D eigenvalue weighted by atomic mass is 9.46. The van der Waals surface area contributed by atoms with E-state index in [1.54, 1.807) is 0 Å². The first-order valence-electron chi connectivity index (χ1n) is 10.6. The van der Waals surface area contributed by atoms with E-state index in [0.717, 1.165) is 43.1 Å². The van der Waals surface area contributed by atoms with Crippen molar-refractivity contribution in [1.82, 2.24) is 0 Å². The summed E-state index contributed by atoms with van der Waals surface area (Å²) in [7, 11) is -4.23. The zero-order valence-electron chi connectivity index (χ0n) is 17.4. The number of rotatable bonds is 7. The maximum atomic E-state index is 14.6. The lowest BCUT2D eigenvalue weighted by Crippen LogP contribution is -2.58. The molecule has 30 heavy (non-hydrogen) atoms. The molecule has 4 aliphatic rings. The van der Waals surface area contributed by atoms with E-state index in [4.69, 9.17) is 14.0 Å². The second kappa shape index (κ2) is 7.48. The summed E-state index contributed by atoms with van der Waals surface area (Å²) in [5.41, 5.74) is -0.500. The summed E-state index contributed by atoms with van der Waals surface area (Å²) in [5, 5.41) is 0. The van der Waals surface area contributed by atoms with E-state index < -0.39 is 39.9 Å². The van der Waals surface area contributed by atoms with Gasteiger partial charge in [0.2, 0.25) is 0 Å². The standard InChI is InChI=1S/C22H29FO6S/c1-21(2,22-11-14-7-15(12-22)9-16(8-14)13-22)29-19-10-17(3-4-18(19)23)20(24)28-5-6-30(25,26)27/h3-4,10,14-16H,5-9,11-13H2,1-2H3,(H,25,26,27). The van der Waals surface area contributed by atoms with E-state index in [9.17, 15) is 17.6 Å². The fraction of sp³-hybridized carbons (Fsp3) is 0.682. The number of carbonyl (C=O) groups excluding carboxylic acids is 1. The highest BCUT2D eigenvalue weighted by molar-refractivity contribution is 7.85. The average molecular weight is 441 g/mol. The first kappa shape index (κ1) is 21.6. The summed E-state index contributed by atoms with van der Waals surface area (Å²) in [6, 6.07) is 3.74. The number of esters is 1. The summed E-state index contributed by atoms with van der Waals surface area (Å²) in [4.78, 5) is 12.2. The number of halogens is 1. The van der Waals surface area contributed by atoms with Crippen LogP contribution in [0.4, 0.5) is 4.39 Å². The van der Waals surface area contributed by atoms with Crippen molar-refractivity contribution in [2.45, 2.75) is 58.0 Å². The fourth-order valence-corrected chi connectivity index (χ4v) is 6.56. The number of hydrogen-bond acceptors (Lipinski definition) is 5. The van der Waals surface area contributed by atoms with Gasteiger partial charge in [-0.25, -0.2) is 9.18 Å². The van der Waals surface area contributed by atoms with Crippen LogP contribution in [0.1, 0.15) is 62.7 Å². The second-order valence-electron chi connectivity index (χ2n) is 9.88. The Kier molecular flexibility index (Phi) is 5.37. The van der Waals surface area contributed by atoms with Gasteiger partial charge in [-0.3, -0.25) is 4.55 Å². The van der Waals surface area contributed by atoms with Crippen LogP contribution < -0.4 is 4.74 Å². The second-order valence-corrected chi connectivity index (χ2v) is 11.4. The molecule has 6 nitrogen and oxygen atoms in total. The van der Waals surface area contributed by atoms with Crippen molar-refractivity contribution in [3.05, 3.63) is 29.6 Å². The number of benzene rings is 1. The summed E-state index contributed by atoms with van der Waals surface area (Å²) in [5.74, 6) is 0.148. The quantitative estimate of drug-likeness (QED) is 0.504. The van der Waals surface area contributed by atoms with Gasteiger partial charge in [-0.1, -0.05) is 0 Å². The molecular weight excluding hydrogens is 411 g/mol. The third-order valence-corrected chi connectivity index (χ3v) is 8.10.